The second-order valence-corrected chi connectivity index (χ2v) is 5.18. The molecule has 0 saturated heterocycles. The highest BCUT2D eigenvalue weighted by atomic mass is 16.1. The summed E-state index contributed by atoms with van der Waals surface area (Å²) in [6, 6.07) is 8.41. The van der Waals surface area contributed by atoms with Gasteiger partial charge in [0.2, 0.25) is 0 Å². The predicted octanol–water partition coefficient (Wildman–Crippen LogP) is 4.14. The van der Waals surface area contributed by atoms with Crippen LogP contribution in [0.3, 0.4) is 0 Å². The molecule has 0 spiro atoms. The van der Waals surface area contributed by atoms with Crippen molar-refractivity contribution >= 4 is 5.78 Å². The summed E-state index contributed by atoms with van der Waals surface area (Å²) < 4.78 is 2.09. The second-order valence-electron chi connectivity index (χ2n) is 5.18. The zero-order valence-electron chi connectivity index (χ0n) is 11.9. The van der Waals surface area contributed by atoms with Gasteiger partial charge in [0.05, 0.1) is 0 Å². The molecule has 0 aliphatic rings. The summed E-state index contributed by atoms with van der Waals surface area (Å²) in [4.78, 5) is 11.8. The number of carbonyl (C=O) groups excluding carboxylic acids is 1. The van der Waals surface area contributed by atoms with Crippen molar-refractivity contribution in [1.82, 2.24) is 4.57 Å². The Morgan fingerprint density at radius 3 is 2.74 bits per heavy atom. The summed E-state index contributed by atoms with van der Waals surface area (Å²) >= 11 is 0. The number of nitrogens with zero attached hydrogens (tertiary/aromatic N) is 1. The van der Waals surface area contributed by atoms with E-state index in [1.807, 2.05) is 25.4 Å². The quantitative estimate of drug-likeness (QED) is 0.736. The number of hydrogen-bond acceptors (Lipinski definition) is 1. The molecule has 2 aromatic rings. The number of hydrogen-bond donors (Lipinski definition) is 0. The van der Waals surface area contributed by atoms with Crippen LogP contribution in [0.2, 0.25) is 0 Å². The fourth-order valence-corrected chi connectivity index (χ4v) is 2.24. The molecular formula is C17H21NO. The molecule has 1 aromatic heterocycles. The molecule has 1 aromatic carbocycles. The Labute approximate surface area is 115 Å². The van der Waals surface area contributed by atoms with Crippen LogP contribution >= 0.6 is 0 Å². The third-order valence-electron chi connectivity index (χ3n) is 3.41. The van der Waals surface area contributed by atoms with Crippen molar-refractivity contribution in [3.63, 3.8) is 0 Å². The molecule has 100 valence electrons. The Balaban J connectivity index is 2.15. The lowest BCUT2D eigenvalue weighted by Crippen LogP contribution is -2.00. The number of aryl methyl sites for hydroxylation is 2. The summed E-state index contributed by atoms with van der Waals surface area (Å²) in [6.45, 7) is 7.09. The molecule has 0 N–H and O–H groups in total. The van der Waals surface area contributed by atoms with Crippen LogP contribution < -0.4 is 0 Å². The number of ketones is 1. The highest BCUT2D eigenvalue weighted by Crippen LogP contribution is 2.14. The molecule has 0 fully saturated rings. The Bertz CT molecular complexity index is 581. The van der Waals surface area contributed by atoms with Gasteiger partial charge in [-0.1, -0.05) is 30.7 Å². The van der Waals surface area contributed by atoms with E-state index in [4.69, 9.17) is 0 Å². The first-order chi connectivity index (χ1) is 9.10. The van der Waals surface area contributed by atoms with Gasteiger partial charge in [-0.3, -0.25) is 4.79 Å². The SMILES string of the molecule is CCCC(=O)c1ccn(Cc2cc(C)ccc2C)c1. The number of aromatic nitrogens is 1. The standard InChI is InChI=1S/C17H21NO/c1-4-5-17(19)15-8-9-18(11-15)12-16-10-13(2)6-7-14(16)3/h6-11H,4-5,12H2,1-3H3. The maximum absolute atomic E-state index is 11.8. The molecule has 2 heteroatoms. The lowest BCUT2D eigenvalue weighted by atomic mass is 10.1. The largest absolute Gasteiger partial charge is 0.349 e. The molecule has 2 nitrogen and oxygen atoms in total. The van der Waals surface area contributed by atoms with Gasteiger partial charge < -0.3 is 4.57 Å². The molecular weight excluding hydrogens is 234 g/mol. The zero-order valence-corrected chi connectivity index (χ0v) is 11.9. The van der Waals surface area contributed by atoms with E-state index in [1.165, 1.54) is 16.7 Å². The fourth-order valence-electron chi connectivity index (χ4n) is 2.24. The van der Waals surface area contributed by atoms with Crippen LogP contribution in [0, 0.1) is 13.8 Å². The lowest BCUT2D eigenvalue weighted by molar-refractivity contribution is 0.0981. The Morgan fingerprint density at radius 2 is 2.00 bits per heavy atom. The maximum atomic E-state index is 11.8. The number of benzene rings is 1. The van der Waals surface area contributed by atoms with Crippen molar-refractivity contribution in [2.45, 2.75) is 40.2 Å². The van der Waals surface area contributed by atoms with E-state index >= 15 is 0 Å². The first-order valence-corrected chi connectivity index (χ1v) is 6.85. The van der Waals surface area contributed by atoms with Crippen LogP contribution in [0.1, 0.15) is 46.8 Å². The van der Waals surface area contributed by atoms with Gasteiger partial charge in [-0.2, -0.15) is 0 Å². The molecule has 0 aliphatic carbocycles. The van der Waals surface area contributed by atoms with Crippen LogP contribution in [0.4, 0.5) is 0 Å². The molecule has 2 rings (SSSR count). The molecule has 0 atom stereocenters. The van der Waals surface area contributed by atoms with E-state index in [2.05, 4.69) is 36.6 Å². The summed E-state index contributed by atoms with van der Waals surface area (Å²) in [5.41, 5.74) is 4.70. The van der Waals surface area contributed by atoms with E-state index in [0.717, 1.165) is 18.5 Å². The van der Waals surface area contributed by atoms with E-state index in [9.17, 15) is 4.79 Å². The van der Waals surface area contributed by atoms with Gasteiger partial charge >= 0.3 is 0 Å². The molecule has 0 radical (unpaired) electrons. The van der Waals surface area contributed by atoms with Gasteiger partial charge in [-0.25, -0.2) is 0 Å². The molecule has 0 unspecified atom stereocenters. The maximum Gasteiger partial charge on any atom is 0.164 e. The number of rotatable bonds is 5. The highest BCUT2D eigenvalue weighted by molar-refractivity contribution is 5.95. The number of Topliss-reactive ketones (excluding diaryl/α,β-unsaturated/α-hetero) is 1. The van der Waals surface area contributed by atoms with Crippen LogP contribution in [0.15, 0.2) is 36.7 Å². The van der Waals surface area contributed by atoms with Gasteiger partial charge in [0.1, 0.15) is 0 Å². The van der Waals surface area contributed by atoms with Gasteiger partial charge in [0.25, 0.3) is 0 Å². The normalized spacial score (nSPS) is 10.7. The first kappa shape index (κ1) is 13.6. The molecule has 0 bridgehead atoms. The van der Waals surface area contributed by atoms with Crippen LogP contribution in [-0.2, 0) is 6.54 Å². The van der Waals surface area contributed by atoms with Gasteiger partial charge in [-0.05, 0) is 37.5 Å². The minimum Gasteiger partial charge on any atom is -0.349 e. The van der Waals surface area contributed by atoms with Crippen molar-refractivity contribution < 1.29 is 4.79 Å². The van der Waals surface area contributed by atoms with Crippen LogP contribution in [-0.4, -0.2) is 10.4 Å². The van der Waals surface area contributed by atoms with Crippen molar-refractivity contribution in [2.24, 2.45) is 0 Å². The van der Waals surface area contributed by atoms with E-state index in [0.29, 0.717) is 6.42 Å². The Hall–Kier alpha value is -1.83. The molecule has 19 heavy (non-hydrogen) atoms. The van der Waals surface area contributed by atoms with E-state index in [1.54, 1.807) is 0 Å². The van der Waals surface area contributed by atoms with Crippen LogP contribution in [0.25, 0.3) is 0 Å². The van der Waals surface area contributed by atoms with Crippen molar-refractivity contribution in [3.8, 4) is 0 Å². The van der Waals surface area contributed by atoms with Gasteiger partial charge in [0.15, 0.2) is 5.78 Å². The van der Waals surface area contributed by atoms with Gasteiger partial charge in [-0.15, -0.1) is 0 Å². The number of carbonyl (C=O) groups is 1. The van der Waals surface area contributed by atoms with Crippen molar-refractivity contribution in [3.05, 3.63) is 58.9 Å². The topological polar surface area (TPSA) is 22.0 Å². The monoisotopic (exact) mass is 255 g/mol. The molecule has 1 heterocycles. The lowest BCUT2D eigenvalue weighted by Gasteiger charge is -2.08. The summed E-state index contributed by atoms with van der Waals surface area (Å²) in [6.07, 6.45) is 5.49. The minimum atomic E-state index is 0.238. The molecule has 0 saturated carbocycles. The summed E-state index contributed by atoms with van der Waals surface area (Å²) in [5, 5.41) is 0. The average Bonchev–Trinajstić information content (AvgIpc) is 2.83. The zero-order chi connectivity index (χ0) is 13.8. The van der Waals surface area contributed by atoms with Crippen LogP contribution in [0.5, 0.6) is 0 Å². The first-order valence-electron chi connectivity index (χ1n) is 6.85. The minimum absolute atomic E-state index is 0.238. The van der Waals surface area contributed by atoms with Crippen molar-refractivity contribution in [1.29, 1.82) is 0 Å². The smallest absolute Gasteiger partial charge is 0.164 e. The Morgan fingerprint density at radius 1 is 1.21 bits per heavy atom. The van der Waals surface area contributed by atoms with Crippen molar-refractivity contribution in [2.75, 3.05) is 0 Å². The average molecular weight is 255 g/mol. The fraction of sp³-hybridized carbons (Fsp3) is 0.353. The van der Waals surface area contributed by atoms with E-state index < -0.39 is 0 Å². The third-order valence-corrected chi connectivity index (χ3v) is 3.41. The Kier molecular flexibility index (Phi) is 4.20. The van der Waals surface area contributed by atoms with E-state index in [-0.39, 0.29) is 5.78 Å². The highest BCUT2D eigenvalue weighted by Gasteiger charge is 2.07. The predicted molar refractivity (Wildman–Crippen MR) is 78.7 cm³/mol. The summed E-state index contributed by atoms with van der Waals surface area (Å²) in [5.74, 6) is 0.238. The molecule has 0 amide bonds. The molecule has 0 aliphatic heterocycles. The van der Waals surface area contributed by atoms with Gasteiger partial charge in [0, 0.05) is 30.9 Å². The second kappa shape index (κ2) is 5.87. The third kappa shape index (κ3) is 3.34. The summed E-state index contributed by atoms with van der Waals surface area (Å²) in [7, 11) is 0.